The molecule has 53 heavy (non-hydrogen) atoms. The van der Waals surface area contributed by atoms with Crippen LogP contribution < -0.4 is 16.4 Å². The Balaban J connectivity index is 1.01. The molecule has 2 amide bonds. The van der Waals surface area contributed by atoms with Crippen molar-refractivity contribution in [3.05, 3.63) is 124 Å². The number of likely N-dealkylation sites (tertiary alicyclic amines) is 1. The number of ether oxygens (including phenoxy) is 2. The normalized spacial score (nSPS) is 20.1. The van der Waals surface area contributed by atoms with Crippen LogP contribution in [0.25, 0.3) is 0 Å². The van der Waals surface area contributed by atoms with Gasteiger partial charge in [0.15, 0.2) is 6.29 Å². The molecule has 2 fully saturated rings. The molecule has 0 radical (unpaired) electrons. The van der Waals surface area contributed by atoms with E-state index >= 15 is 0 Å². The van der Waals surface area contributed by atoms with E-state index in [0.717, 1.165) is 41.8 Å². The van der Waals surface area contributed by atoms with Gasteiger partial charge in [-0.15, -0.1) is 0 Å². The Kier molecular flexibility index (Phi) is 13.2. The lowest BCUT2D eigenvalue weighted by Gasteiger charge is -2.42. The zero-order valence-electron chi connectivity index (χ0n) is 29.9. The van der Waals surface area contributed by atoms with Gasteiger partial charge in [0.1, 0.15) is 0 Å². The number of nitrogen functional groups attached to an aromatic ring is 1. The molecule has 6 rings (SSSR count). The highest BCUT2D eigenvalue weighted by molar-refractivity contribution is 6.30. The van der Waals surface area contributed by atoms with E-state index in [1.165, 1.54) is 0 Å². The summed E-state index contributed by atoms with van der Waals surface area (Å²) in [6.45, 7) is 2.13. The zero-order chi connectivity index (χ0) is 37.2. The van der Waals surface area contributed by atoms with Gasteiger partial charge in [0.05, 0.1) is 35.8 Å². The molecule has 0 bridgehead atoms. The van der Waals surface area contributed by atoms with Crippen molar-refractivity contribution in [2.24, 2.45) is 0 Å². The predicted octanol–water partition coefficient (Wildman–Crippen LogP) is 7.47. The van der Waals surface area contributed by atoms with E-state index < -0.39 is 11.9 Å². The lowest BCUT2D eigenvalue weighted by atomic mass is 9.84. The SMILES string of the molecule is Nc1ccccc1NC(=O)CCCCCC(=O)Nc1ccc([C@@H]2O[C@H](CN3CCC(O)(c4ccc(Cl)cc4)CC3)C[C@H](c3ccc(CO)cc3)O2)cc1. The van der Waals surface area contributed by atoms with Gasteiger partial charge in [-0.3, -0.25) is 9.59 Å². The molecule has 2 heterocycles. The van der Waals surface area contributed by atoms with Crippen LogP contribution >= 0.6 is 11.6 Å². The maximum atomic E-state index is 12.7. The number of carbonyl (C=O) groups is 2. The minimum atomic E-state index is -0.884. The first-order valence-electron chi connectivity index (χ1n) is 18.4. The Morgan fingerprint density at radius 1 is 0.811 bits per heavy atom. The van der Waals surface area contributed by atoms with Gasteiger partial charge < -0.3 is 41.0 Å². The molecule has 11 heteroatoms. The molecule has 0 saturated carbocycles. The van der Waals surface area contributed by atoms with Crippen molar-refractivity contribution >= 4 is 40.5 Å². The van der Waals surface area contributed by atoms with Gasteiger partial charge in [0.2, 0.25) is 11.8 Å². The number of hydrogen-bond donors (Lipinski definition) is 5. The van der Waals surface area contributed by atoms with Crippen molar-refractivity contribution in [2.45, 2.75) is 82.1 Å². The van der Waals surface area contributed by atoms with Gasteiger partial charge in [-0.05, 0) is 78.8 Å². The fraction of sp³-hybridized carbons (Fsp3) is 0.381. The number of aliphatic hydroxyl groups is 2. The maximum Gasteiger partial charge on any atom is 0.224 e. The Bertz CT molecular complexity index is 1800. The number of nitrogens with zero attached hydrogens (tertiary/aromatic N) is 1. The van der Waals surface area contributed by atoms with Crippen LogP contribution in [0.15, 0.2) is 97.1 Å². The van der Waals surface area contributed by atoms with E-state index in [9.17, 15) is 19.8 Å². The first kappa shape index (κ1) is 38.4. The van der Waals surface area contributed by atoms with Gasteiger partial charge >= 0.3 is 0 Å². The average Bonchev–Trinajstić information content (AvgIpc) is 3.17. The van der Waals surface area contributed by atoms with Gasteiger partial charge in [-0.1, -0.05) is 78.7 Å². The van der Waals surface area contributed by atoms with Crippen molar-refractivity contribution < 1.29 is 29.3 Å². The molecule has 0 spiro atoms. The highest BCUT2D eigenvalue weighted by Gasteiger charge is 2.37. The third kappa shape index (κ3) is 10.7. The molecule has 4 aromatic carbocycles. The number of carbonyl (C=O) groups excluding carboxylic acids is 2. The van der Waals surface area contributed by atoms with Gasteiger partial charge in [0, 0.05) is 55.2 Å². The highest BCUT2D eigenvalue weighted by atomic mass is 35.5. The number of aliphatic hydroxyl groups excluding tert-OH is 1. The molecule has 2 aliphatic heterocycles. The van der Waals surface area contributed by atoms with Crippen LogP contribution in [0.2, 0.25) is 5.02 Å². The number of anilines is 3. The van der Waals surface area contributed by atoms with Crippen molar-refractivity contribution in [3.8, 4) is 0 Å². The number of halogens is 1. The van der Waals surface area contributed by atoms with E-state index in [2.05, 4.69) is 15.5 Å². The Hall–Kier alpha value is -4.29. The van der Waals surface area contributed by atoms with Crippen molar-refractivity contribution in [1.82, 2.24) is 4.90 Å². The van der Waals surface area contributed by atoms with Crippen molar-refractivity contribution in [3.63, 3.8) is 0 Å². The summed E-state index contributed by atoms with van der Waals surface area (Å²) in [4.78, 5) is 27.3. The lowest BCUT2D eigenvalue weighted by Crippen LogP contribution is -2.46. The lowest BCUT2D eigenvalue weighted by molar-refractivity contribution is -0.253. The number of para-hydroxylation sites is 2. The van der Waals surface area contributed by atoms with E-state index in [1.54, 1.807) is 12.1 Å². The molecule has 4 aromatic rings. The fourth-order valence-electron chi connectivity index (χ4n) is 6.99. The van der Waals surface area contributed by atoms with Crippen LogP contribution in [-0.2, 0) is 31.3 Å². The third-order valence-corrected chi connectivity index (χ3v) is 10.4. The number of nitrogens with two attached hydrogens (primary N) is 1. The van der Waals surface area contributed by atoms with Gasteiger partial charge in [0.25, 0.3) is 0 Å². The highest BCUT2D eigenvalue weighted by Crippen LogP contribution is 2.40. The summed E-state index contributed by atoms with van der Waals surface area (Å²) in [5.74, 6) is -0.175. The molecule has 0 unspecified atom stereocenters. The summed E-state index contributed by atoms with van der Waals surface area (Å²) in [5, 5.41) is 27.4. The van der Waals surface area contributed by atoms with Crippen LogP contribution in [0.1, 0.15) is 86.0 Å². The second-order valence-corrected chi connectivity index (χ2v) is 14.5. The molecular formula is C42H49ClN4O6. The fourth-order valence-corrected chi connectivity index (χ4v) is 7.12. The largest absolute Gasteiger partial charge is 0.397 e. The molecule has 2 saturated heterocycles. The quantitative estimate of drug-likeness (QED) is 0.0661. The number of hydrogen-bond acceptors (Lipinski definition) is 8. The molecular weight excluding hydrogens is 692 g/mol. The summed E-state index contributed by atoms with van der Waals surface area (Å²) in [6, 6.07) is 30.0. The first-order valence-corrected chi connectivity index (χ1v) is 18.8. The zero-order valence-corrected chi connectivity index (χ0v) is 30.6. The maximum absolute atomic E-state index is 12.7. The second kappa shape index (κ2) is 18.2. The minimum Gasteiger partial charge on any atom is -0.397 e. The molecule has 3 atom stereocenters. The molecule has 0 aromatic heterocycles. The summed E-state index contributed by atoms with van der Waals surface area (Å²) in [6.07, 6.45) is 3.76. The third-order valence-electron chi connectivity index (χ3n) is 10.2. The van der Waals surface area contributed by atoms with Crippen molar-refractivity contribution in [2.75, 3.05) is 36.0 Å². The Labute approximate surface area is 316 Å². The number of nitrogens with one attached hydrogen (secondary N) is 2. The smallest absolute Gasteiger partial charge is 0.224 e. The summed E-state index contributed by atoms with van der Waals surface area (Å²) in [7, 11) is 0. The van der Waals surface area contributed by atoms with E-state index in [0.29, 0.717) is 73.6 Å². The van der Waals surface area contributed by atoms with Crippen LogP contribution in [0, 0.1) is 0 Å². The number of unbranched alkanes of at least 4 members (excludes halogenated alkanes) is 2. The van der Waals surface area contributed by atoms with E-state index in [1.807, 2.05) is 84.9 Å². The average molecular weight is 741 g/mol. The minimum absolute atomic E-state index is 0.0233. The summed E-state index contributed by atoms with van der Waals surface area (Å²) < 4.78 is 13.1. The topological polar surface area (TPSA) is 146 Å². The molecule has 280 valence electrons. The van der Waals surface area contributed by atoms with Gasteiger partial charge in [-0.25, -0.2) is 0 Å². The standard InChI is InChI=1S/C42H49ClN4O6/c43-33-18-16-32(17-19-33)42(51)22-24-47(25-23-42)27-35-26-38(30-12-10-29(28-48)11-13-30)53-41(52-35)31-14-20-34(21-15-31)45-39(49)8-2-1-3-9-40(50)46-37-7-5-4-6-36(37)44/h4-7,10-21,35,38,41,48,51H,1-3,8-9,22-28,44H2,(H,45,49)(H,46,50)/t35-,38+,41+/m0/s1. The number of piperidine rings is 1. The van der Waals surface area contributed by atoms with E-state index in [-0.39, 0.29) is 30.6 Å². The number of benzene rings is 4. The number of rotatable bonds is 14. The predicted molar refractivity (Wildman–Crippen MR) is 207 cm³/mol. The monoisotopic (exact) mass is 740 g/mol. The van der Waals surface area contributed by atoms with E-state index in [4.69, 9.17) is 26.8 Å². The van der Waals surface area contributed by atoms with Gasteiger partial charge in [-0.2, -0.15) is 0 Å². The first-order chi connectivity index (χ1) is 25.7. The summed E-state index contributed by atoms with van der Waals surface area (Å²) in [5.41, 5.74) is 10.4. The Morgan fingerprint density at radius 3 is 2.11 bits per heavy atom. The van der Waals surface area contributed by atoms with Crippen LogP contribution in [0.3, 0.4) is 0 Å². The number of amides is 2. The molecule has 2 aliphatic rings. The second-order valence-electron chi connectivity index (χ2n) is 14.1. The van der Waals surface area contributed by atoms with Crippen LogP contribution in [0.5, 0.6) is 0 Å². The summed E-state index contributed by atoms with van der Waals surface area (Å²) >= 11 is 6.08. The van der Waals surface area contributed by atoms with Crippen LogP contribution in [0.4, 0.5) is 17.1 Å². The molecule has 0 aliphatic carbocycles. The molecule has 6 N–H and O–H groups in total. The Morgan fingerprint density at radius 2 is 1.45 bits per heavy atom. The van der Waals surface area contributed by atoms with Crippen molar-refractivity contribution in [1.29, 1.82) is 0 Å². The van der Waals surface area contributed by atoms with Crippen LogP contribution in [-0.4, -0.2) is 52.7 Å². The molecule has 10 nitrogen and oxygen atoms in total.